The van der Waals surface area contributed by atoms with Gasteiger partial charge in [-0.3, -0.25) is 9.59 Å². The minimum absolute atomic E-state index is 0.103. The van der Waals surface area contributed by atoms with Gasteiger partial charge in [-0.1, -0.05) is 0 Å². The summed E-state index contributed by atoms with van der Waals surface area (Å²) in [5, 5.41) is 5.48. The standard InChI is InChI=1S/C12H18N4O2/c1-8(11(17)13-2)15-10-6-5-9(7-14-10)12(18)16(3)4/h5-8H,1-4H3,(H,13,17)(H,14,15). The number of carbonyl (C=O) groups excluding carboxylic acids is 2. The van der Waals surface area contributed by atoms with E-state index in [1.54, 1.807) is 40.2 Å². The lowest BCUT2D eigenvalue weighted by molar-refractivity contribution is -0.121. The Hall–Kier alpha value is -2.11. The number of likely N-dealkylation sites (N-methyl/N-ethyl adjacent to an activating group) is 1. The van der Waals surface area contributed by atoms with E-state index in [0.29, 0.717) is 11.4 Å². The fourth-order valence-electron chi connectivity index (χ4n) is 1.37. The summed E-state index contributed by atoms with van der Waals surface area (Å²) in [6.45, 7) is 1.74. The minimum Gasteiger partial charge on any atom is -0.359 e. The molecule has 0 aliphatic carbocycles. The van der Waals surface area contributed by atoms with E-state index < -0.39 is 0 Å². The first-order valence-corrected chi connectivity index (χ1v) is 5.61. The van der Waals surface area contributed by atoms with Crippen molar-refractivity contribution in [3.63, 3.8) is 0 Å². The zero-order valence-corrected chi connectivity index (χ0v) is 11.0. The van der Waals surface area contributed by atoms with Crippen molar-refractivity contribution in [2.75, 3.05) is 26.5 Å². The highest BCUT2D eigenvalue weighted by molar-refractivity contribution is 5.93. The van der Waals surface area contributed by atoms with Crippen LogP contribution in [0.3, 0.4) is 0 Å². The maximum atomic E-state index is 11.6. The van der Waals surface area contributed by atoms with Crippen LogP contribution < -0.4 is 10.6 Å². The summed E-state index contributed by atoms with van der Waals surface area (Å²) >= 11 is 0. The second-order valence-corrected chi connectivity index (χ2v) is 4.11. The average molecular weight is 250 g/mol. The summed E-state index contributed by atoms with van der Waals surface area (Å²) in [6.07, 6.45) is 1.49. The topological polar surface area (TPSA) is 74.3 Å². The van der Waals surface area contributed by atoms with Crippen molar-refractivity contribution >= 4 is 17.6 Å². The summed E-state index contributed by atoms with van der Waals surface area (Å²) in [4.78, 5) is 28.5. The van der Waals surface area contributed by atoms with Crippen LogP contribution in [0.25, 0.3) is 0 Å². The second-order valence-electron chi connectivity index (χ2n) is 4.11. The smallest absolute Gasteiger partial charge is 0.254 e. The lowest BCUT2D eigenvalue weighted by Crippen LogP contribution is -2.35. The predicted octanol–water partition coefficient (Wildman–Crippen LogP) is 0.330. The largest absolute Gasteiger partial charge is 0.359 e. The maximum absolute atomic E-state index is 11.6. The lowest BCUT2D eigenvalue weighted by Gasteiger charge is -2.14. The monoisotopic (exact) mass is 250 g/mol. The van der Waals surface area contributed by atoms with Gasteiger partial charge in [0.05, 0.1) is 5.56 Å². The Morgan fingerprint density at radius 2 is 2.00 bits per heavy atom. The summed E-state index contributed by atoms with van der Waals surface area (Å²) in [5.41, 5.74) is 0.512. The van der Waals surface area contributed by atoms with E-state index >= 15 is 0 Å². The zero-order chi connectivity index (χ0) is 13.7. The third kappa shape index (κ3) is 3.44. The van der Waals surface area contributed by atoms with Crippen LogP contribution in [0, 0.1) is 0 Å². The molecule has 1 aromatic rings. The number of carbonyl (C=O) groups is 2. The molecule has 2 N–H and O–H groups in total. The second kappa shape index (κ2) is 6.00. The fourth-order valence-corrected chi connectivity index (χ4v) is 1.37. The number of aromatic nitrogens is 1. The first-order valence-electron chi connectivity index (χ1n) is 5.61. The molecule has 0 aliphatic heterocycles. The van der Waals surface area contributed by atoms with Crippen molar-refractivity contribution in [2.24, 2.45) is 0 Å². The fraction of sp³-hybridized carbons (Fsp3) is 0.417. The van der Waals surface area contributed by atoms with Gasteiger partial charge in [0.1, 0.15) is 11.9 Å². The molecule has 1 unspecified atom stereocenters. The number of hydrogen-bond donors (Lipinski definition) is 2. The molecule has 1 aromatic heterocycles. The Balaban J connectivity index is 2.72. The molecule has 0 spiro atoms. The molecule has 2 amide bonds. The molecule has 0 radical (unpaired) electrons. The molecule has 0 bridgehead atoms. The van der Waals surface area contributed by atoms with Gasteiger partial charge in [0.15, 0.2) is 0 Å². The summed E-state index contributed by atoms with van der Waals surface area (Å²) in [6, 6.07) is 2.97. The molecule has 0 aromatic carbocycles. The van der Waals surface area contributed by atoms with Gasteiger partial charge in [0.2, 0.25) is 5.91 Å². The van der Waals surface area contributed by atoms with Crippen LogP contribution in [0.15, 0.2) is 18.3 Å². The van der Waals surface area contributed by atoms with E-state index in [1.165, 1.54) is 11.1 Å². The van der Waals surface area contributed by atoms with E-state index in [9.17, 15) is 9.59 Å². The van der Waals surface area contributed by atoms with Gasteiger partial charge in [0.25, 0.3) is 5.91 Å². The van der Waals surface area contributed by atoms with E-state index in [2.05, 4.69) is 15.6 Å². The molecular weight excluding hydrogens is 232 g/mol. The molecule has 1 atom stereocenters. The minimum atomic E-state index is -0.377. The lowest BCUT2D eigenvalue weighted by atomic mass is 10.2. The molecule has 18 heavy (non-hydrogen) atoms. The quantitative estimate of drug-likeness (QED) is 0.807. The molecule has 0 aliphatic rings. The molecular formula is C12H18N4O2. The average Bonchev–Trinajstić information content (AvgIpc) is 2.37. The number of anilines is 1. The third-order valence-corrected chi connectivity index (χ3v) is 2.42. The number of pyridine rings is 1. The summed E-state index contributed by atoms with van der Waals surface area (Å²) in [7, 11) is 4.94. The number of nitrogens with zero attached hydrogens (tertiary/aromatic N) is 2. The highest BCUT2D eigenvalue weighted by Gasteiger charge is 2.12. The van der Waals surface area contributed by atoms with Gasteiger partial charge >= 0.3 is 0 Å². The van der Waals surface area contributed by atoms with Crippen molar-refractivity contribution in [1.82, 2.24) is 15.2 Å². The SMILES string of the molecule is CNC(=O)C(C)Nc1ccc(C(=O)N(C)C)cn1. The summed E-state index contributed by atoms with van der Waals surface area (Å²) in [5.74, 6) is 0.333. The van der Waals surface area contributed by atoms with E-state index in [1.807, 2.05) is 0 Å². The van der Waals surface area contributed by atoms with Gasteiger partial charge in [-0.25, -0.2) is 4.98 Å². The summed E-state index contributed by atoms with van der Waals surface area (Å²) < 4.78 is 0. The Kier molecular flexibility index (Phi) is 4.65. The molecule has 98 valence electrons. The molecule has 0 fully saturated rings. The van der Waals surface area contributed by atoms with Gasteiger partial charge in [-0.15, -0.1) is 0 Å². The third-order valence-electron chi connectivity index (χ3n) is 2.42. The Morgan fingerprint density at radius 3 is 2.44 bits per heavy atom. The Labute approximate surface area is 106 Å². The Bertz CT molecular complexity index is 428. The number of nitrogens with one attached hydrogen (secondary N) is 2. The molecule has 0 saturated carbocycles. The van der Waals surface area contributed by atoms with Gasteiger partial charge in [0, 0.05) is 27.3 Å². The highest BCUT2D eigenvalue weighted by Crippen LogP contribution is 2.08. The zero-order valence-electron chi connectivity index (χ0n) is 11.0. The maximum Gasteiger partial charge on any atom is 0.254 e. The van der Waals surface area contributed by atoms with Crippen molar-refractivity contribution in [2.45, 2.75) is 13.0 Å². The Morgan fingerprint density at radius 1 is 1.33 bits per heavy atom. The van der Waals surface area contributed by atoms with E-state index in [0.717, 1.165) is 0 Å². The molecule has 6 nitrogen and oxygen atoms in total. The predicted molar refractivity (Wildman–Crippen MR) is 69.4 cm³/mol. The number of amides is 2. The first kappa shape index (κ1) is 14.0. The van der Waals surface area contributed by atoms with Crippen molar-refractivity contribution < 1.29 is 9.59 Å². The molecule has 1 rings (SSSR count). The number of rotatable bonds is 4. The van der Waals surface area contributed by atoms with Crippen LogP contribution in [0.5, 0.6) is 0 Å². The molecule has 0 saturated heterocycles. The first-order chi connectivity index (χ1) is 8.45. The number of hydrogen-bond acceptors (Lipinski definition) is 4. The van der Waals surface area contributed by atoms with Gasteiger partial charge < -0.3 is 15.5 Å². The van der Waals surface area contributed by atoms with Crippen LogP contribution in [0.4, 0.5) is 5.82 Å². The van der Waals surface area contributed by atoms with E-state index in [4.69, 9.17) is 0 Å². The van der Waals surface area contributed by atoms with Crippen LogP contribution in [0.2, 0.25) is 0 Å². The molecule has 1 heterocycles. The molecule has 6 heteroatoms. The highest BCUT2D eigenvalue weighted by atomic mass is 16.2. The van der Waals surface area contributed by atoms with Crippen molar-refractivity contribution in [1.29, 1.82) is 0 Å². The van der Waals surface area contributed by atoms with Gasteiger partial charge in [-0.2, -0.15) is 0 Å². The van der Waals surface area contributed by atoms with Crippen LogP contribution in [-0.2, 0) is 4.79 Å². The van der Waals surface area contributed by atoms with Crippen LogP contribution in [-0.4, -0.2) is 48.9 Å². The van der Waals surface area contributed by atoms with Gasteiger partial charge in [-0.05, 0) is 19.1 Å². The van der Waals surface area contributed by atoms with Crippen molar-refractivity contribution in [3.05, 3.63) is 23.9 Å². The van der Waals surface area contributed by atoms with Crippen molar-refractivity contribution in [3.8, 4) is 0 Å². The van der Waals surface area contributed by atoms with Crippen LogP contribution >= 0.6 is 0 Å². The normalized spacial score (nSPS) is 11.6. The van der Waals surface area contributed by atoms with Crippen LogP contribution in [0.1, 0.15) is 17.3 Å². The van der Waals surface area contributed by atoms with E-state index in [-0.39, 0.29) is 17.9 Å².